The zero-order valence-corrected chi connectivity index (χ0v) is 19.7. The van der Waals surface area contributed by atoms with E-state index in [-0.39, 0.29) is 34.9 Å². The molecule has 6 atom stereocenters. The summed E-state index contributed by atoms with van der Waals surface area (Å²) in [4.78, 5) is 16.3. The molecule has 2 unspecified atom stereocenters. The maximum absolute atomic E-state index is 13.1. The fraction of sp³-hybridized carbons (Fsp3) is 0.731. The number of alkyl halides is 3. The van der Waals surface area contributed by atoms with Crippen LogP contribution in [0.4, 0.5) is 18.9 Å². The van der Waals surface area contributed by atoms with E-state index in [1.807, 2.05) is 4.90 Å². The van der Waals surface area contributed by atoms with Crippen LogP contribution in [0.3, 0.4) is 0 Å². The largest absolute Gasteiger partial charge is 0.462 e. The Morgan fingerprint density at radius 3 is 2.68 bits per heavy atom. The number of halogens is 3. The van der Waals surface area contributed by atoms with Gasteiger partial charge in [0.25, 0.3) is 0 Å². The zero-order chi connectivity index (χ0) is 23.7. The van der Waals surface area contributed by atoms with Crippen molar-refractivity contribution in [1.82, 2.24) is 0 Å². The standard InChI is InChI=1S/C26H33F3N2O3/c1-24-6-3-7-25(16-33-25)22(24)13-19-20(23(32)34-21(19)14-24)15-30-8-10-31(11-9-30)18-5-2-4-17(12-18)26(27,28)29/h2,4-5,12,19-22H,3,6-11,13-16H2,1H3/p+1/t19-,20?,21-,22?,24-,25+/m1/s1. The number of quaternary nitrogens is 1. The summed E-state index contributed by atoms with van der Waals surface area (Å²) >= 11 is 0. The van der Waals surface area contributed by atoms with Crippen LogP contribution >= 0.6 is 0 Å². The van der Waals surface area contributed by atoms with E-state index < -0.39 is 11.7 Å². The van der Waals surface area contributed by atoms with Gasteiger partial charge in [-0.05, 0) is 61.6 Å². The molecule has 8 heteroatoms. The van der Waals surface area contributed by atoms with Gasteiger partial charge in [0.15, 0.2) is 0 Å². The third kappa shape index (κ3) is 3.81. The molecule has 6 rings (SSSR count). The van der Waals surface area contributed by atoms with Crippen molar-refractivity contribution in [3.63, 3.8) is 0 Å². The Balaban J connectivity index is 1.10. The summed E-state index contributed by atoms with van der Waals surface area (Å²) in [6.07, 6.45) is 1.20. The van der Waals surface area contributed by atoms with Crippen LogP contribution in [0.2, 0.25) is 0 Å². The summed E-state index contributed by atoms with van der Waals surface area (Å²) in [5.74, 6) is 0.650. The lowest BCUT2D eigenvalue weighted by Gasteiger charge is -2.51. The van der Waals surface area contributed by atoms with Crippen LogP contribution in [-0.2, 0) is 20.4 Å². The molecule has 0 bridgehead atoms. The van der Waals surface area contributed by atoms with Gasteiger partial charge in [-0.1, -0.05) is 13.0 Å². The first-order valence-corrected chi connectivity index (χ1v) is 12.8. The zero-order valence-electron chi connectivity index (χ0n) is 19.7. The van der Waals surface area contributed by atoms with Gasteiger partial charge in [-0.2, -0.15) is 13.2 Å². The number of fused-ring (bicyclic) bond motifs is 3. The van der Waals surface area contributed by atoms with Gasteiger partial charge in [0, 0.05) is 11.6 Å². The summed E-state index contributed by atoms with van der Waals surface area (Å²) in [6.45, 7) is 6.99. The molecule has 1 aromatic carbocycles. The Morgan fingerprint density at radius 2 is 1.97 bits per heavy atom. The molecule has 5 fully saturated rings. The number of esters is 1. The maximum atomic E-state index is 13.1. The number of hydrogen-bond donors (Lipinski definition) is 1. The maximum Gasteiger partial charge on any atom is 0.416 e. The summed E-state index contributed by atoms with van der Waals surface area (Å²) < 4.78 is 51.3. The van der Waals surface area contributed by atoms with Crippen LogP contribution in [0.1, 0.15) is 44.6 Å². The summed E-state index contributed by atoms with van der Waals surface area (Å²) in [6, 6.07) is 5.58. The van der Waals surface area contributed by atoms with E-state index in [1.54, 1.807) is 6.07 Å². The van der Waals surface area contributed by atoms with Crippen LogP contribution < -0.4 is 9.80 Å². The molecule has 5 aliphatic rings. The topological polar surface area (TPSA) is 46.5 Å². The highest BCUT2D eigenvalue weighted by Crippen LogP contribution is 2.62. The summed E-state index contributed by atoms with van der Waals surface area (Å²) in [5.41, 5.74) is 0.267. The normalized spacial score (nSPS) is 40.1. The van der Waals surface area contributed by atoms with Gasteiger partial charge < -0.3 is 19.3 Å². The molecule has 0 radical (unpaired) electrons. The molecule has 0 amide bonds. The van der Waals surface area contributed by atoms with E-state index in [2.05, 4.69) is 6.92 Å². The molecule has 1 spiro atoms. The molecular formula is C26H34F3N2O3+. The molecular weight excluding hydrogens is 445 g/mol. The van der Waals surface area contributed by atoms with Crippen LogP contribution in [0.5, 0.6) is 0 Å². The average Bonchev–Trinajstić information content (AvgIpc) is 3.50. The van der Waals surface area contributed by atoms with Crippen molar-refractivity contribution in [2.24, 2.45) is 23.2 Å². The monoisotopic (exact) mass is 479 g/mol. The van der Waals surface area contributed by atoms with Crippen LogP contribution in [-0.4, -0.2) is 57.0 Å². The lowest BCUT2D eigenvalue weighted by Crippen LogP contribution is -3.15. The Bertz CT molecular complexity index is 957. The number of benzene rings is 1. The van der Waals surface area contributed by atoms with E-state index in [0.29, 0.717) is 24.7 Å². The smallest absolute Gasteiger partial charge is 0.416 e. The van der Waals surface area contributed by atoms with E-state index in [4.69, 9.17) is 9.47 Å². The van der Waals surface area contributed by atoms with Crippen LogP contribution in [0, 0.1) is 23.2 Å². The quantitative estimate of drug-likeness (QED) is 0.535. The van der Waals surface area contributed by atoms with E-state index in [9.17, 15) is 18.0 Å². The molecule has 186 valence electrons. The lowest BCUT2D eigenvalue weighted by atomic mass is 9.53. The molecule has 3 aliphatic heterocycles. The number of epoxide rings is 1. The van der Waals surface area contributed by atoms with Gasteiger partial charge in [-0.3, -0.25) is 4.79 Å². The van der Waals surface area contributed by atoms with Gasteiger partial charge in [0.05, 0.1) is 50.5 Å². The van der Waals surface area contributed by atoms with E-state index >= 15 is 0 Å². The predicted octanol–water partition coefficient (Wildman–Crippen LogP) is 2.94. The van der Waals surface area contributed by atoms with Crippen molar-refractivity contribution in [3.8, 4) is 0 Å². The number of hydrogen-bond acceptors (Lipinski definition) is 4. The van der Waals surface area contributed by atoms with Gasteiger partial charge in [0.2, 0.25) is 0 Å². The number of anilines is 1. The third-order valence-electron chi connectivity index (χ3n) is 9.60. The second-order valence-electron chi connectivity index (χ2n) is 11.6. The molecule has 5 nitrogen and oxygen atoms in total. The molecule has 2 aliphatic carbocycles. The lowest BCUT2D eigenvalue weighted by molar-refractivity contribution is -0.903. The summed E-state index contributed by atoms with van der Waals surface area (Å²) in [5, 5.41) is 0. The van der Waals surface area contributed by atoms with Crippen molar-refractivity contribution in [2.45, 2.75) is 56.9 Å². The highest BCUT2D eigenvalue weighted by Gasteiger charge is 2.65. The van der Waals surface area contributed by atoms with Crippen molar-refractivity contribution in [1.29, 1.82) is 0 Å². The molecule has 1 aromatic rings. The number of piperazine rings is 1. The summed E-state index contributed by atoms with van der Waals surface area (Å²) in [7, 11) is 0. The van der Waals surface area contributed by atoms with Crippen molar-refractivity contribution in [2.75, 3.05) is 44.2 Å². The molecule has 1 N–H and O–H groups in total. The second-order valence-corrected chi connectivity index (χ2v) is 11.6. The number of ether oxygens (including phenoxy) is 2. The minimum Gasteiger partial charge on any atom is -0.462 e. The number of carbonyl (C=O) groups excluding carboxylic acids is 1. The molecule has 0 aromatic heterocycles. The number of rotatable bonds is 3. The minimum atomic E-state index is -4.33. The van der Waals surface area contributed by atoms with Crippen molar-refractivity contribution in [3.05, 3.63) is 29.8 Å². The van der Waals surface area contributed by atoms with Crippen molar-refractivity contribution < 1.29 is 32.3 Å². The van der Waals surface area contributed by atoms with Crippen LogP contribution in [0.25, 0.3) is 0 Å². The Labute approximate surface area is 198 Å². The first kappa shape index (κ1) is 22.7. The fourth-order valence-corrected chi connectivity index (χ4v) is 7.67. The Hall–Kier alpha value is -1.80. The first-order chi connectivity index (χ1) is 16.2. The predicted molar refractivity (Wildman–Crippen MR) is 119 cm³/mol. The van der Waals surface area contributed by atoms with Gasteiger partial charge in [-0.25, -0.2) is 0 Å². The molecule has 2 saturated carbocycles. The van der Waals surface area contributed by atoms with Gasteiger partial charge in [-0.15, -0.1) is 0 Å². The average molecular weight is 480 g/mol. The van der Waals surface area contributed by atoms with Gasteiger partial charge in [0.1, 0.15) is 12.0 Å². The number of carbonyl (C=O) groups is 1. The first-order valence-electron chi connectivity index (χ1n) is 12.8. The highest BCUT2D eigenvalue weighted by molar-refractivity contribution is 5.75. The SMILES string of the molecule is C[C@]12CCC[C@]3(CO3)C1C[C@@H]1C(C[NH+]3CCN(c4cccc(C(F)(F)F)c4)CC3)C(=O)O[C@@H]1C2. The Kier molecular flexibility index (Phi) is 5.23. The molecule has 3 saturated heterocycles. The fourth-order valence-electron chi connectivity index (χ4n) is 7.67. The van der Waals surface area contributed by atoms with E-state index in [1.165, 1.54) is 29.9 Å². The number of nitrogens with one attached hydrogen (secondary N) is 1. The Morgan fingerprint density at radius 1 is 1.21 bits per heavy atom. The van der Waals surface area contributed by atoms with Gasteiger partial charge >= 0.3 is 12.1 Å². The van der Waals surface area contributed by atoms with E-state index in [0.717, 1.165) is 51.6 Å². The second kappa shape index (κ2) is 7.85. The van der Waals surface area contributed by atoms with Crippen LogP contribution in [0.15, 0.2) is 24.3 Å². The molecule has 3 heterocycles. The number of nitrogens with zero attached hydrogens (tertiary/aromatic N) is 1. The molecule has 34 heavy (non-hydrogen) atoms. The minimum absolute atomic E-state index is 0.0263. The third-order valence-corrected chi connectivity index (χ3v) is 9.60. The van der Waals surface area contributed by atoms with Crippen molar-refractivity contribution >= 4 is 11.7 Å². The highest BCUT2D eigenvalue weighted by atomic mass is 19.4.